The first-order valence-electron chi connectivity index (χ1n) is 7.91. The van der Waals surface area contributed by atoms with Crippen LogP contribution in [-0.4, -0.2) is 26.7 Å². The van der Waals surface area contributed by atoms with E-state index in [4.69, 9.17) is 0 Å². The molecule has 0 radical (unpaired) electrons. The van der Waals surface area contributed by atoms with E-state index in [0.717, 1.165) is 34.8 Å². The number of aryl methyl sites for hydroxylation is 1. The Kier molecular flexibility index (Phi) is 4.01. The minimum Gasteiger partial charge on any atom is -0.478 e. The van der Waals surface area contributed by atoms with Crippen molar-refractivity contribution < 1.29 is 19.8 Å². The molecule has 0 saturated heterocycles. The number of aromatic carboxylic acids is 2. The summed E-state index contributed by atoms with van der Waals surface area (Å²) in [6.07, 6.45) is 0.986. The third-order valence-electron chi connectivity index (χ3n) is 4.29. The Morgan fingerprint density at radius 3 is 1.75 bits per heavy atom. The molecule has 3 aromatic rings. The quantitative estimate of drug-likeness (QED) is 0.735. The van der Waals surface area contributed by atoms with E-state index in [-0.39, 0.29) is 11.1 Å². The van der Waals surface area contributed by atoms with E-state index in [1.807, 2.05) is 0 Å². The smallest absolute Gasteiger partial charge is 0.335 e. The highest BCUT2D eigenvalue weighted by atomic mass is 16.4. The molecule has 24 heavy (non-hydrogen) atoms. The summed E-state index contributed by atoms with van der Waals surface area (Å²) in [5.74, 6) is -1.45. The number of nitrogens with zero attached hydrogens (tertiary/aromatic N) is 1. The summed E-state index contributed by atoms with van der Waals surface area (Å²) < 4.78 is 2.14. The van der Waals surface area contributed by atoms with Crippen LogP contribution in [0.1, 0.15) is 41.0 Å². The van der Waals surface area contributed by atoms with Gasteiger partial charge in [0.1, 0.15) is 0 Å². The molecule has 2 aromatic carbocycles. The van der Waals surface area contributed by atoms with Crippen molar-refractivity contribution in [2.24, 2.45) is 5.92 Å². The summed E-state index contributed by atoms with van der Waals surface area (Å²) in [6, 6.07) is 10.0. The minimum atomic E-state index is -0.991. The molecular weight excluding hydrogens is 306 g/mol. The number of aromatic nitrogens is 1. The molecule has 0 unspecified atom stereocenters. The summed E-state index contributed by atoms with van der Waals surface area (Å²) >= 11 is 0. The number of carboxylic acid groups (broad SMARTS) is 2. The monoisotopic (exact) mass is 325 g/mol. The van der Waals surface area contributed by atoms with Crippen LogP contribution in [0.5, 0.6) is 0 Å². The van der Waals surface area contributed by atoms with Gasteiger partial charge < -0.3 is 14.8 Å². The molecular formula is C19H19NO4. The molecule has 0 spiro atoms. The molecule has 3 rings (SSSR count). The molecule has 1 aromatic heterocycles. The van der Waals surface area contributed by atoms with Gasteiger partial charge in [-0.05, 0) is 48.7 Å². The number of hydrogen-bond acceptors (Lipinski definition) is 2. The number of carbonyl (C=O) groups is 2. The van der Waals surface area contributed by atoms with Gasteiger partial charge in [0.15, 0.2) is 0 Å². The van der Waals surface area contributed by atoms with Gasteiger partial charge >= 0.3 is 11.9 Å². The first-order chi connectivity index (χ1) is 11.4. The van der Waals surface area contributed by atoms with E-state index < -0.39 is 11.9 Å². The molecule has 0 aliphatic rings. The van der Waals surface area contributed by atoms with Gasteiger partial charge in [0.2, 0.25) is 0 Å². The van der Waals surface area contributed by atoms with Gasteiger partial charge in [0, 0.05) is 28.4 Å². The molecule has 5 nitrogen and oxygen atoms in total. The Morgan fingerprint density at radius 2 is 1.38 bits per heavy atom. The average molecular weight is 325 g/mol. The Hall–Kier alpha value is -2.82. The lowest BCUT2D eigenvalue weighted by Gasteiger charge is -2.09. The molecule has 0 saturated carbocycles. The molecule has 0 bridgehead atoms. The Morgan fingerprint density at radius 1 is 0.917 bits per heavy atom. The van der Waals surface area contributed by atoms with Crippen LogP contribution in [0.25, 0.3) is 21.8 Å². The van der Waals surface area contributed by atoms with Gasteiger partial charge in [-0.1, -0.05) is 13.8 Å². The van der Waals surface area contributed by atoms with E-state index in [0.29, 0.717) is 5.92 Å². The summed E-state index contributed by atoms with van der Waals surface area (Å²) in [6.45, 7) is 5.11. The summed E-state index contributed by atoms with van der Waals surface area (Å²) in [7, 11) is 0. The van der Waals surface area contributed by atoms with Crippen molar-refractivity contribution in [2.45, 2.75) is 26.8 Å². The highest BCUT2D eigenvalue weighted by molar-refractivity contribution is 6.11. The maximum absolute atomic E-state index is 11.3. The fourth-order valence-corrected chi connectivity index (χ4v) is 3.00. The largest absolute Gasteiger partial charge is 0.478 e. The van der Waals surface area contributed by atoms with Crippen LogP contribution in [0.3, 0.4) is 0 Å². The van der Waals surface area contributed by atoms with Gasteiger partial charge in [0.05, 0.1) is 11.1 Å². The second-order valence-electron chi connectivity index (χ2n) is 6.41. The van der Waals surface area contributed by atoms with Crippen molar-refractivity contribution >= 4 is 33.7 Å². The van der Waals surface area contributed by atoms with Gasteiger partial charge in [-0.25, -0.2) is 9.59 Å². The lowest BCUT2D eigenvalue weighted by atomic mass is 10.1. The zero-order valence-corrected chi connectivity index (χ0v) is 13.6. The molecule has 5 heteroatoms. The Balaban J connectivity index is 2.31. The van der Waals surface area contributed by atoms with Gasteiger partial charge in [0.25, 0.3) is 0 Å². The van der Waals surface area contributed by atoms with Crippen LogP contribution in [0.2, 0.25) is 0 Å². The van der Waals surface area contributed by atoms with Gasteiger partial charge in [-0.2, -0.15) is 0 Å². The Labute approximate surface area is 139 Å². The van der Waals surface area contributed by atoms with Gasteiger partial charge in [-0.3, -0.25) is 0 Å². The normalized spacial score (nSPS) is 11.5. The first-order valence-corrected chi connectivity index (χ1v) is 7.91. The van der Waals surface area contributed by atoms with E-state index in [1.165, 1.54) is 0 Å². The van der Waals surface area contributed by atoms with Gasteiger partial charge in [-0.15, -0.1) is 0 Å². The van der Waals surface area contributed by atoms with E-state index in [1.54, 1.807) is 36.4 Å². The van der Waals surface area contributed by atoms with Crippen LogP contribution in [0.4, 0.5) is 0 Å². The number of benzene rings is 2. The van der Waals surface area contributed by atoms with E-state index >= 15 is 0 Å². The fraction of sp³-hybridized carbons (Fsp3) is 0.263. The molecule has 1 heterocycles. The number of hydrogen-bond donors (Lipinski definition) is 2. The average Bonchev–Trinajstić information content (AvgIpc) is 2.85. The first kappa shape index (κ1) is 16.1. The van der Waals surface area contributed by atoms with Crippen LogP contribution in [0, 0.1) is 5.92 Å². The van der Waals surface area contributed by atoms with Crippen molar-refractivity contribution in [1.82, 2.24) is 4.57 Å². The molecule has 2 N–H and O–H groups in total. The molecule has 0 aliphatic heterocycles. The van der Waals surface area contributed by atoms with Crippen molar-refractivity contribution in [1.29, 1.82) is 0 Å². The van der Waals surface area contributed by atoms with Crippen LogP contribution in [0.15, 0.2) is 36.4 Å². The topological polar surface area (TPSA) is 79.5 Å². The highest BCUT2D eigenvalue weighted by Gasteiger charge is 2.15. The van der Waals surface area contributed by atoms with E-state index in [2.05, 4.69) is 18.4 Å². The van der Waals surface area contributed by atoms with Crippen molar-refractivity contribution in [2.75, 3.05) is 0 Å². The van der Waals surface area contributed by atoms with Crippen LogP contribution < -0.4 is 0 Å². The fourth-order valence-electron chi connectivity index (χ4n) is 3.00. The zero-order valence-electron chi connectivity index (χ0n) is 13.6. The third kappa shape index (κ3) is 2.73. The maximum atomic E-state index is 11.3. The third-order valence-corrected chi connectivity index (χ3v) is 4.29. The summed E-state index contributed by atoms with van der Waals surface area (Å²) in [4.78, 5) is 22.6. The zero-order chi connectivity index (χ0) is 17.4. The van der Waals surface area contributed by atoms with Crippen molar-refractivity contribution in [3.05, 3.63) is 47.5 Å². The standard InChI is InChI=1S/C19H19NO4/c1-11(2)7-8-20-16-5-3-12(18(21)22)9-14(16)15-10-13(19(23)24)4-6-17(15)20/h3-6,9-11H,7-8H2,1-2H3,(H,21,22)(H,23,24). The van der Waals surface area contributed by atoms with Crippen LogP contribution in [-0.2, 0) is 6.54 Å². The predicted molar refractivity (Wildman–Crippen MR) is 92.8 cm³/mol. The molecule has 0 aliphatic carbocycles. The second kappa shape index (κ2) is 6.00. The summed E-state index contributed by atoms with van der Waals surface area (Å²) in [5, 5.41) is 20.0. The number of carboxylic acids is 2. The Bertz CT molecular complexity index is 882. The molecule has 0 fully saturated rings. The highest BCUT2D eigenvalue weighted by Crippen LogP contribution is 2.31. The molecule has 124 valence electrons. The summed E-state index contributed by atoms with van der Waals surface area (Å²) in [5.41, 5.74) is 2.26. The lowest BCUT2D eigenvalue weighted by Crippen LogP contribution is -2.02. The van der Waals surface area contributed by atoms with Crippen molar-refractivity contribution in [3.63, 3.8) is 0 Å². The molecule has 0 amide bonds. The SMILES string of the molecule is CC(C)CCn1c2ccc(C(=O)O)cc2c2cc(C(=O)O)ccc21. The number of rotatable bonds is 5. The number of fused-ring (bicyclic) bond motifs is 3. The lowest BCUT2D eigenvalue weighted by molar-refractivity contribution is 0.0686. The van der Waals surface area contributed by atoms with Crippen LogP contribution >= 0.6 is 0 Å². The predicted octanol–water partition coefficient (Wildman–Crippen LogP) is 4.24. The second-order valence-corrected chi connectivity index (χ2v) is 6.41. The van der Waals surface area contributed by atoms with E-state index in [9.17, 15) is 19.8 Å². The molecule has 0 atom stereocenters. The maximum Gasteiger partial charge on any atom is 0.335 e. The minimum absolute atomic E-state index is 0.200. The van der Waals surface area contributed by atoms with Crippen molar-refractivity contribution in [3.8, 4) is 0 Å².